The number of esters is 1. The molecule has 1 atom stereocenters. The molecule has 0 amide bonds. The zero-order valence-electron chi connectivity index (χ0n) is 16.1. The number of aromatic nitrogens is 2. The lowest BCUT2D eigenvalue weighted by Crippen LogP contribution is -2.40. The molecule has 0 bridgehead atoms. The van der Waals surface area contributed by atoms with Crippen LogP contribution in [0.3, 0.4) is 0 Å². The van der Waals surface area contributed by atoms with Crippen molar-refractivity contribution in [2.45, 2.75) is 45.6 Å². The molecule has 2 aromatic heterocycles. The monoisotopic (exact) mass is 397 g/mol. The van der Waals surface area contributed by atoms with E-state index in [1.165, 1.54) is 20.8 Å². The van der Waals surface area contributed by atoms with Crippen molar-refractivity contribution in [2.75, 3.05) is 6.61 Å². The molecule has 1 N–H and O–H groups in total. The van der Waals surface area contributed by atoms with Crippen LogP contribution in [0.15, 0.2) is 15.5 Å². The Morgan fingerprint density at radius 1 is 1.30 bits per heavy atom. The van der Waals surface area contributed by atoms with E-state index in [0.717, 1.165) is 11.4 Å². The third-order valence-corrected chi connectivity index (χ3v) is 6.13. The van der Waals surface area contributed by atoms with Gasteiger partial charge in [0, 0.05) is 24.0 Å². The highest BCUT2D eigenvalue weighted by Gasteiger charge is 2.29. The van der Waals surface area contributed by atoms with Gasteiger partial charge in [0.05, 0.1) is 0 Å². The molecule has 0 aliphatic rings. The van der Waals surface area contributed by atoms with E-state index in [1.807, 2.05) is 18.5 Å². The van der Waals surface area contributed by atoms with E-state index in [4.69, 9.17) is 9.26 Å². The van der Waals surface area contributed by atoms with Gasteiger partial charge >= 0.3 is 5.97 Å². The molecular weight excluding hydrogens is 374 g/mol. The zero-order chi connectivity index (χ0) is 20.5. The summed E-state index contributed by atoms with van der Waals surface area (Å²) in [5, 5.41) is 3.59. The summed E-state index contributed by atoms with van der Waals surface area (Å²) in [6, 6.07) is 0.532. The van der Waals surface area contributed by atoms with Gasteiger partial charge in [-0.2, -0.15) is 4.72 Å². The number of carbonyl (C=O) groups excluding carboxylic acids is 2. The van der Waals surface area contributed by atoms with Crippen molar-refractivity contribution in [2.24, 2.45) is 7.05 Å². The van der Waals surface area contributed by atoms with Crippen LogP contribution in [-0.4, -0.2) is 42.5 Å². The Labute approximate surface area is 157 Å². The van der Waals surface area contributed by atoms with Gasteiger partial charge < -0.3 is 13.8 Å². The first-order valence-electron chi connectivity index (χ1n) is 8.23. The molecule has 10 heteroatoms. The predicted molar refractivity (Wildman–Crippen MR) is 95.9 cm³/mol. The third-order valence-electron chi connectivity index (χ3n) is 4.34. The number of nitrogens with zero attached hydrogens (tertiary/aromatic N) is 2. The summed E-state index contributed by atoms with van der Waals surface area (Å²) in [6.07, 6.45) is 0. The van der Waals surface area contributed by atoms with Gasteiger partial charge in [0.1, 0.15) is 16.6 Å². The van der Waals surface area contributed by atoms with Crippen molar-refractivity contribution in [3.63, 3.8) is 0 Å². The molecule has 9 nitrogen and oxygen atoms in total. The molecule has 0 saturated carbocycles. The van der Waals surface area contributed by atoms with Crippen molar-refractivity contribution in [3.8, 4) is 0 Å². The minimum absolute atomic E-state index is 0.116. The largest absolute Gasteiger partial charge is 0.456 e. The van der Waals surface area contributed by atoms with E-state index in [-0.39, 0.29) is 22.1 Å². The topological polar surface area (TPSA) is 121 Å². The molecule has 27 heavy (non-hydrogen) atoms. The second-order valence-corrected chi connectivity index (χ2v) is 8.02. The molecular formula is C17H23N3O6S. The van der Waals surface area contributed by atoms with Crippen LogP contribution in [0.5, 0.6) is 0 Å². The van der Waals surface area contributed by atoms with Gasteiger partial charge in [0.15, 0.2) is 12.4 Å². The summed E-state index contributed by atoms with van der Waals surface area (Å²) < 4.78 is 38.7. The quantitative estimate of drug-likeness (QED) is 0.553. The van der Waals surface area contributed by atoms with Crippen molar-refractivity contribution < 1.29 is 27.3 Å². The zero-order valence-corrected chi connectivity index (χ0v) is 16.9. The van der Waals surface area contributed by atoms with Crippen LogP contribution in [0.4, 0.5) is 0 Å². The Morgan fingerprint density at radius 3 is 2.41 bits per heavy atom. The SMILES string of the molecule is Cc1noc(C)c1S(=O)(=O)N[C@@H](C)C(=O)OCC(=O)c1cc(C)n(C)c1C. The molecule has 2 heterocycles. The van der Waals surface area contributed by atoms with Gasteiger partial charge in [0.25, 0.3) is 0 Å². The van der Waals surface area contributed by atoms with E-state index in [2.05, 4.69) is 9.88 Å². The fourth-order valence-corrected chi connectivity index (χ4v) is 4.20. The van der Waals surface area contributed by atoms with Crippen molar-refractivity contribution >= 4 is 21.8 Å². The number of nitrogens with one attached hydrogen (secondary N) is 1. The average Bonchev–Trinajstić information content (AvgIpc) is 3.05. The van der Waals surface area contributed by atoms with Crippen LogP contribution < -0.4 is 4.72 Å². The van der Waals surface area contributed by atoms with Gasteiger partial charge in [-0.1, -0.05) is 5.16 Å². The van der Waals surface area contributed by atoms with Gasteiger partial charge in [-0.15, -0.1) is 0 Å². The van der Waals surface area contributed by atoms with Gasteiger partial charge in [-0.25, -0.2) is 8.42 Å². The maximum Gasteiger partial charge on any atom is 0.324 e. The molecule has 148 valence electrons. The fraction of sp³-hybridized carbons (Fsp3) is 0.471. The lowest BCUT2D eigenvalue weighted by Gasteiger charge is -2.13. The van der Waals surface area contributed by atoms with E-state index in [0.29, 0.717) is 5.56 Å². The molecule has 0 aliphatic heterocycles. The van der Waals surface area contributed by atoms with Crippen molar-refractivity contribution in [1.29, 1.82) is 0 Å². The van der Waals surface area contributed by atoms with Crippen LogP contribution >= 0.6 is 0 Å². The minimum atomic E-state index is -4.02. The van der Waals surface area contributed by atoms with Crippen LogP contribution in [0.25, 0.3) is 0 Å². The second kappa shape index (κ2) is 7.65. The highest BCUT2D eigenvalue weighted by atomic mass is 32.2. The number of aryl methyl sites for hydroxylation is 3. The Kier molecular flexibility index (Phi) is 5.91. The van der Waals surface area contributed by atoms with Crippen LogP contribution in [0, 0.1) is 27.7 Å². The number of Topliss-reactive ketones (excluding diaryl/α,β-unsaturated/α-hetero) is 1. The first-order valence-corrected chi connectivity index (χ1v) is 9.72. The standard InChI is InChI=1S/C17H23N3O6S/c1-9-7-14(12(4)20(9)6)15(21)8-25-17(22)11(3)19-27(23,24)16-10(2)18-26-13(16)5/h7,11,19H,8H2,1-6H3/t11-/m0/s1. The maximum atomic E-state index is 12.4. The lowest BCUT2D eigenvalue weighted by atomic mass is 10.1. The third kappa shape index (κ3) is 4.28. The van der Waals surface area contributed by atoms with Crippen molar-refractivity contribution in [3.05, 3.63) is 34.5 Å². The number of ketones is 1. The molecule has 0 saturated heterocycles. The predicted octanol–water partition coefficient (Wildman–Crippen LogP) is 1.34. The Balaban J connectivity index is 2.01. The Bertz CT molecular complexity index is 967. The lowest BCUT2D eigenvalue weighted by molar-refractivity contribution is -0.144. The van der Waals surface area contributed by atoms with Gasteiger partial charge in [0.2, 0.25) is 15.8 Å². The molecule has 0 fully saturated rings. The summed E-state index contributed by atoms with van der Waals surface area (Å²) in [5.74, 6) is -1.10. The first kappa shape index (κ1) is 20.8. The molecule has 2 rings (SSSR count). The number of rotatable bonds is 7. The summed E-state index contributed by atoms with van der Waals surface area (Å²) in [4.78, 5) is 24.3. The van der Waals surface area contributed by atoms with Gasteiger partial charge in [-0.05, 0) is 40.7 Å². The number of hydrogen-bond donors (Lipinski definition) is 1. The van der Waals surface area contributed by atoms with Crippen LogP contribution in [-0.2, 0) is 26.6 Å². The summed E-state index contributed by atoms with van der Waals surface area (Å²) in [5.41, 5.74) is 2.32. The first-order chi connectivity index (χ1) is 12.5. The van der Waals surface area contributed by atoms with E-state index in [1.54, 1.807) is 13.0 Å². The maximum absolute atomic E-state index is 12.4. The fourth-order valence-electron chi connectivity index (χ4n) is 2.68. The molecule has 2 aromatic rings. The van der Waals surface area contributed by atoms with Crippen LogP contribution in [0.1, 0.15) is 40.1 Å². The molecule has 0 spiro atoms. The molecule has 0 aliphatic carbocycles. The second-order valence-electron chi connectivity index (χ2n) is 6.37. The minimum Gasteiger partial charge on any atom is -0.456 e. The number of hydrogen-bond acceptors (Lipinski definition) is 7. The number of carbonyl (C=O) groups is 2. The van der Waals surface area contributed by atoms with E-state index >= 15 is 0 Å². The highest BCUT2D eigenvalue weighted by Crippen LogP contribution is 2.19. The van der Waals surface area contributed by atoms with E-state index in [9.17, 15) is 18.0 Å². The van der Waals surface area contributed by atoms with Crippen molar-refractivity contribution in [1.82, 2.24) is 14.4 Å². The smallest absolute Gasteiger partial charge is 0.324 e. The van der Waals surface area contributed by atoms with E-state index < -0.39 is 28.6 Å². The molecule has 0 radical (unpaired) electrons. The average molecular weight is 397 g/mol. The normalized spacial score (nSPS) is 12.8. The summed E-state index contributed by atoms with van der Waals surface area (Å²) in [7, 11) is -2.19. The van der Waals surface area contributed by atoms with Gasteiger partial charge in [-0.3, -0.25) is 9.59 Å². The number of ether oxygens (including phenoxy) is 1. The number of sulfonamides is 1. The molecule has 0 unspecified atom stereocenters. The molecule has 0 aromatic carbocycles. The summed E-state index contributed by atoms with van der Waals surface area (Å²) in [6.45, 7) is 7.46. The summed E-state index contributed by atoms with van der Waals surface area (Å²) >= 11 is 0. The Morgan fingerprint density at radius 2 is 1.93 bits per heavy atom. The highest BCUT2D eigenvalue weighted by molar-refractivity contribution is 7.89. The van der Waals surface area contributed by atoms with Crippen LogP contribution in [0.2, 0.25) is 0 Å². The Hall–Kier alpha value is -2.46.